The maximum Gasteiger partial charge on any atom is 0.294 e. The Labute approximate surface area is 141 Å². The Morgan fingerprint density at radius 2 is 2.04 bits per heavy atom. The highest BCUT2D eigenvalue weighted by atomic mass is 32.2. The number of hydrogen-bond donors (Lipinski definition) is 1. The molecule has 2 atom stereocenters. The van der Waals surface area contributed by atoms with Gasteiger partial charge in [0.1, 0.15) is 12.7 Å². The minimum Gasteiger partial charge on any atom is -0.370 e. The van der Waals surface area contributed by atoms with Crippen LogP contribution in [0.15, 0.2) is 29.2 Å². The summed E-state index contributed by atoms with van der Waals surface area (Å²) >= 11 is 1.81. The van der Waals surface area contributed by atoms with Crippen LogP contribution in [0.1, 0.15) is 24.8 Å². The maximum absolute atomic E-state index is 11.0. The zero-order valence-electron chi connectivity index (χ0n) is 13.0. The van der Waals surface area contributed by atoms with Crippen molar-refractivity contribution in [1.82, 2.24) is 0 Å². The molecule has 0 saturated carbocycles. The fourth-order valence-corrected chi connectivity index (χ4v) is 3.41. The van der Waals surface area contributed by atoms with Crippen LogP contribution in [0, 0.1) is 0 Å². The fourth-order valence-electron chi connectivity index (χ4n) is 1.89. The molecule has 1 aliphatic rings. The summed E-state index contributed by atoms with van der Waals surface area (Å²) in [5.74, 6) is 2.21. The molecule has 1 aromatic carbocycles. The smallest absolute Gasteiger partial charge is 0.294 e. The van der Waals surface area contributed by atoms with Crippen LogP contribution < -0.4 is 0 Å². The first-order valence-corrected chi connectivity index (χ1v) is 10.1. The summed E-state index contributed by atoms with van der Waals surface area (Å²) in [5, 5.41) is 0. The van der Waals surface area contributed by atoms with Crippen LogP contribution in [0.2, 0.25) is 0 Å². The van der Waals surface area contributed by atoms with Gasteiger partial charge < -0.3 is 4.74 Å². The molecule has 0 amide bonds. The van der Waals surface area contributed by atoms with Crippen LogP contribution in [0.4, 0.5) is 0 Å². The quantitative estimate of drug-likeness (QED) is 0.213. The van der Waals surface area contributed by atoms with Crippen LogP contribution in [0.5, 0.6) is 0 Å². The van der Waals surface area contributed by atoms with E-state index in [2.05, 4.69) is 6.92 Å². The highest BCUT2D eigenvalue weighted by molar-refractivity contribution is 7.99. The van der Waals surface area contributed by atoms with E-state index >= 15 is 0 Å². The topological polar surface area (TPSA) is 85.4 Å². The van der Waals surface area contributed by atoms with Crippen molar-refractivity contribution in [3.05, 3.63) is 29.8 Å². The lowest BCUT2D eigenvalue weighted by Gasteiger charge is -2.12. The first-order chi connectivity index (χ1) is 11.0. The van der Waals surface area contributed by atoms with Gasteiger partial charge >= 0.3 is 0 Å². The van der Waals surface area contributed by atoms with E-state index in [0.29, 0.717) is 19.1 Å². The lowest BCUT2D eigenvalue weighted by Crippen LogP contribution is -2.04. The summed E-state index contributed by atoms with van der Waals surface area (Å²) in [6.07, 6.45) is 1.13. The second-order valence-corrected chi connectivity index (χ2v) is 8.01. The van der Waals surface area contributed by atoms with Crippen LogP contribution in [0.3, 0.4) is 0 Å². The lowest BCUT2D eigenvalue weighted by atomic mass is 10.0. The summed E-state index contributed by atoms with van der Waals surface area (Å²) < 4.78 is 35.9. The average Bonchev–Trinajstić information content (AvgIpc) is 3.33. The van der Waals surface area contributed by atoms with Gasteiger partial charge in [-0.25, -0.2) is 9.78 Å². The fraction of sp³-hybridized carbons (Fsp3) is 0.600. The molecule has 6 nitrogen and oxygen atoms in total. The molecule has 0 bridgehead atoms. The highest BCUT2D eigenvalue weighted by Gasteiger charge is 2.22. The molecule has 23 heavy (non-hydrogen) atoms. The molecule has 1 aliphatic heterocycles. The third-order valence-electron chi connectivity index (χ3n) is 3.37. The van der Waals surface area contributed by atoms with Crippen molar-refractivity contribution >= 4 is 21.9 Å². The predicted octanol–water partition coefficient (Wildman–Crippen LogP) is 2.51. The average molecular weight is 362 g/mol. The first kappa shape index (κ1) is 18.7. The molecule has 2 unspecified atom stereocenters. The van der Waals surface area contributed by atoms with Crippen molar-refractivity contribution in [3.8, 4) is 0 Å². The SMILES string of the molecule is CC(CSCCCOOCC1CO1)c1ccc(S(=O)(=O)O)cc1. The molecule has 1 heterocycles. The molecule has 2 rings (SSSR count). The number of thioether (sulfide) groups is 1. The van der Waals surface area contributed by atoms with E-state index in [1.807, 2.05) is 11.8 Å². The van der Waals surface area contributed by atoms with E-state index in [9.17, 15) is 8.42 Å². The van der Waals surface area contributed by atoms with Crippen molar-refractivity contribution in [1.29, 1.82) is 0 Å². The summed E-state index contributed by atoms with van der Waals surface area (Å²) in [7, 11) is -4.12. The third kappa shape index (κ3) is 7.19. The van der Waals surface area contributed by atoms with Crippen LogP contribution in [-0.2, 0) is 24.6 Å². The van der Waals surface area contributed by atoms with Gasteiger partial charge in [-0.05, 0) is 41.5 Å². The molecule has 0 aliphatic carbocycles. The van der Waals surface area contributed by atoms with Gasteiger partial charge in [0.25, 0.3) is 10.1 Å². The van der Waals surface area contributed by atoms with E-state index in [-0.39, 0.29) is 11.0 Å². The van der Waals surface area contributed by atoms with E-state index in [0.717, 1.165) is 30.1 Å². The minimum atomic E-state index is -4.12. The summed E-state index contributed by atoms with van der Waals surface area (Å²) in [5.41, 5.74) is 1.05. The number of ether oxygens (including phenoxy) is 1. The van der Waals surface area contributed by atoms with E-state index in [1.54, 1.807) is 12.1 Å². The van der Waals surface area contributed by atoms with Crippen LogP contribution in [-0.4, -0.2) is 50.4 Å². The molecule has 0 aromatic heterocycles. The predicted molar refractivity (Wildman–Crippen MR) is 88.3 cm³/mol. The Morgan fingerprint density at radius 1 is 1.35 bits per heavy atom. The molecule has 1 aromatic rings. The van der Waals surface area contributed by atoms with Gasteiger partial charge in [0.15, 0.2) is 0 Å². The zero-order chi connectivity index (χ0) is 16.7. The van der Waals surface area contributed by atoms with E-state index in [1.165, 1.54) is 12.1 Å². The maximum atomic E-state index is 11.0. The van der Waals surface area contributed by atoms with Gasteiger partial charge in [-0.3, -0.25) is 4.55 Å². The van der Waals surface area contributed by atoms with Crippen molar-refractivity contribution in [2.75, 3.05) is 31.3 Å². The second kappa shape index (κ2) is 9.00. The number of hydrogen-bond acceptors (Lipinski definition) is 6. The van der Waals surface area contributed by atoms with Crippen molar-refractivity contribution in [2.45, 2.75) is 30.3 Å². The molecule has 130 valence electrons. The summed E-state index contributed by atoms with van der Waals surface area (Å²) in [6.45, 7) is 3.92. The van der Waals surface area contributed by atoms with Crippen molar-refractivity contribution < 1.29 is 27.5 Å². The van der Waals surface area contributed by atoms with Gasteiger partial charge in [0.2, 0.25) is 0 Å². The highest BCUT2D eigenvalue weighted by Crippen LogP contribution is 2.22. The number of epoxide rings is 1. The normalized spacial score (nSPS) is 18.8. The number of rotatable bonds is 11. The summed E-state index contributed by atoms with van der Waals surface area (Å²) in [4.78, 5) is 9.96. The molecule has 1 saturated heterocycles. The largest absolute Gasteiger partial charge is 0.370 e. The van der Waals surface area contributed by atoms with Gasteiger partial charge in [0, 0.05) is 0 Å². The number of benzene rings is 1. The molecular weight excluding hydrogens is 340 g/mol. The van der Waals surface area contributed by atoms with E-state index < -0.39 is 10.1 Å². The first-order valence-electron chi connectivity index (χ1n) is 7.48. The lowest BCUT2D eigenvalue weighted by molar-refractivity contribution is -0.295. The monoisotopic (exact) mass is 362 g/mol. The molecule has 8 heteroatoms. The van der Waals surface area contributed by atoms with Crippen LogP contribution >= 0.6 is 11.8 Å². The zero-order valence-corrected chi connectivity index (χ0v) is 14.6. The van der Waals surface area contributed by atoms with Gasteiger partial charge in [0.05, 0.1) is 18.1 Å². The van der Waals surface area contributed by atoms with E-state index in [4.69, 9.17) is 19.1 Å². The Hall–Kier alpha value is -0.640. The summed E-state index contributed by atoms with van der Waals surface area (Å²) in [6, 6.07) is 6.34. The molecular formula is C15H22O6S2. The molecule has 0 spiro atoms. The Morgan fingerprint density at radius 3 is 2.65 bits per heavy atom. The Bertz CT molecular complexity index is 568. The molecule has 1 N–H and O–H groups in total. The second-order valence-electron chi connectivity index (χ2n) is 5.44. The Kier molecular flexibility index (Phi) is 7.32. The van der Waals surface area contributed by atoms with Crippen molar-refractivity contribution in [3.63, 3.8) is 0 Å². The Balaban J connectivity index is 1.57. The van der Waals surface area contributed by atoms with Gasteiger partial charge in [-0.1, -0.05) is 19.1 Å². The molecule has 0 radical (unpaired) electrons. The van der Waals surface area contributed by atoms with Gasteiger partial charge in [-0.2, -0.15) is 20.2 Å². The standard InChI is InChI=1S/C15H22O6S2/c1-12(13-3-5-15(6-4-13)23(16,17)18)11-22-8-2-7-20-21-10-14-9-19-14/h3-6,12,14H,2,7-11H2,1H3,(H,16,17,18). The van der Waals surface area contributed by atoms with Gasteiger partial charge in [-0.15, -0.1) is 0 Å². The molecule has 1 fully saturated rings. The van der Waals surface area contributed by atoms with Crippen LogP contribution in [0.25, 0.3) is 0 Å². The van der Waals surface area contributed by atoms with Crippen molar-refractivity contribution in [2.24, 2.45) is 0 Å². The minimum absolute atomic E-state index is 0.0742. The third-order valence-corrected chi connectivity index (χ3v) is 5.55.